The van der Waals surface area contributed by atoms with Gasteiger partial charge >= 0.3 is 0 Å². The molecule has 4 nitrogen and oxygen atoms in total. The van der Waals surface area contributed by atoms with Crippen molar-refractivity contribution in [2.24, 2.45) is 11.7 Å². The van der Waals surface area contributed by atoms with E-state index in [4.69, 9.17) is 10.2 Å². The van der Waals surface area contributed by atoms with Gasteiger partial charge in [0.25, 0.3) is 5.91 Å². The van der Waals surface area contributed by atoms with Gasteiger partial charge in [0, 0.05) is 19.0 Å². The molecular formula is C13H21ClN2O2. The molecule has 1 atom stereocenters. The van der Waals surface area contributed by atoms with Crippen molar-refractivity contribution >= 4 is 18.3 Å². The maximum absolute atomic E-state index is 12.0. The van der Waals surface area contributed by atoms with Crippen molar-refractivity contribution in [1.82, 2.24) is 5.32 Å². The molecule has 1 unspecified atom stereocenters. The van der Waals surface area contributed by atoms with Crippen LogP contribution in [0, 0.1) is 12.8 Å². The van der Waals surface area contributed by atoms with Gasteiger partial charge in [-0.05, 0) is 37.3 Å². The number of halogens is 1. The normalized spacial score (nSPS) is 15.9. The molecule has 102 valence electrons. The van der Waals surface area contributed by atoms with E-state index in [2.05, 4.69) is 5.32 Å². The van der Waals surface area contributed by atoms with Crippen LogP contribution in [0.1, 0.15) is 41.6 Å². The molecule has 0 radical (unpaired) electrons. The number of aryl methyl sites for hydroxylation is 2. The van der Waals surface area contributed by atoms with Gasteiger partial charge in [0.05, 0.1) is 0 Å². The average Bonchev–Trinajstić information content (AvgIpc) is 3.09. The van der Waals surface area contributed by atoms with Crippen LogP contribution < -0.4 is 11.1 Å². The summed E-state index contributed by atoms with van der Waals surface area (Å²) in [6.45, 7) is 4.47. The number of carbonyl (C=O) groups excluding carboxylic acids is 1. The highest BCUT2D eigenvalue weighted by atomic mass is 35.5. The number of furan rings is 1. The monoisotopic (exact) mass is 272 g/mol. The first kappa shape index (κ1) is 15.1. The molecule has 1 aromatic heterocycles. The number of nitrogens with one attached hydrogen (secondary N) is 1. The summed E-state index contributed by atoms with van der Waals surface area (Å²) in [6, 6.07) is 1.90. The molecule has 18 heavy (non-hydrogen) atoms. The first-order chi connectivity index (χ1) is 8.15. The molecule has 1 saturated carbocycles. The Labute approximate surface area is 114 Å². The number of carbonyl (C=O) groups is 1. The minimum atomic E-state index is -0.143. The molecule has 0 aliphatic heterocycles. The Kier molecular flexibility index (Phi) is 5.23. The van der Waals surface area contributed by atoms with Crippen molar-refractivity contribution < 1.29 is 9.21 Å². The first-order valence-electron chi connectivity index (χ1n) is 6.26. The molecule has 1 aliphatic carbocycles. The largest absolute Gasteiger partial charge is 0.456 e. The Balaban J connectivity index is 0.00000162. The Morgan fingerprint density at radius 1 is 1.61 bits per heavy atom. The third kappa shape index (κ3) is 3.27. The van der Waals surface area contributed by atoms with Crippen LogP contribution in [-0.2, 0) is 6.42 Å². The zero-order valence-corrected chi connectivity index (χ0v) is 11.7. The van der Waals surface area contributed by atoms with E-state index in [0.29, 0.717) is 18.2 Å². The second-order valence-corrected chi connectivity index (χ2v) is 4.72. The molecule has 1 amide bonds. The molecule has 0 saturated heterocycles. The SMILES string of the molecule is CCc1oc(C(=O)NC(CN)C2CC2)cc1C.Cl. The molecule has 0 spiro atoms. The van der Waals surface area contributed by atoms with Crippen LogP contribution in [0.3, 0.4) is 0 Å². The van der Waals surface area contributed by atoms with Crippen LogP contribution in [0.15, 0.2) is 10.5 Å². The number of amides is 1. The summed E-state index contributed by atoms with van der Waals surface area (Å²) < 4.78 is 5.52. The van der Waals surface area contributed by atoms with E-state index in [-0.39, 0.29) is 24.4 Å². The van der Waals surface area contributed by atoms with Crippen LogP contribution in [-0.4, -0.2) is 18.5 Å². The number of hydrogen-bond acceptors (Lipinski definition) is 3. The molecule has 0 aromatic carbocycles. The fourth-order valence-corrected chi connectivity index (χ4v) is 2.09. The molecule has 5 heteroatoms. The quantitative estimate of drug-likeness (QED) is 0.862. The van der Waals surface area contributed by atoms with Crippen LogP contribution >= 0.6 is 12.4 Å². The second-order valence-electron chi connectivity index (χ2n) is 4.72. The molecule has 1 aromatic rings. The number of nitrogens with two attached hydrogens (primary N) is 1. The zero-order chi connectivity index (χ0) is 12.4. The Morgan fingerprint density at radius 2 is 2.28 bits per heavy atom. The lowest BCUT2D eigenvalue weighted by molar-refractivity contribution is 0.0903. The maximum Gasteiger partial charge on any atom is 0.287 e. The highest BCUT2D eigenvalue weighted by Crippen LogP contribution is 2.32. The molecule has 1 fully saturated rings. The van der Waals surface area contributed by atoms with E-state index in [9.17, 15) is 4.79 Å². The highest BCUT2D eigenvalue weighted by molar-refractivity contribution is 5.92. The van der Waals surface area contributed by atoms with E-state index in [1.54, 1.807) is 6.07 Å². The fourth-order valence-electron chi connectivity index (χ4n) is 2.09. The summed E-state index contributed by atoms with van der Waals surface area (Å²) in [5.74, 6) is 1.70. The molecule has 2 rings (SSSR count). The van der Waals surface area contributed by atoms with Crippen LogP contribution in [0.2, 0.25) is 0 Å². The number of hydrogen-bond donors (Lipinski definition) is 2. The molecule has 1 aliphatic rings. The van der Waals surface area contributed by atoms with Crippen molar-refractivity contribution in [3.05, 3.63) is 23.2 Å². The van der Waals surface area contributed by atoms with Gasteiger partial charge in [0.15, 0.2) is 5.76 Å². The summed E-state index contributed by atoms with van der Waals surface area (Å²) in [6.07, 6.45) is 3.14. The minimum Gasteiger partial charge on any atom is -0.456 e. The van der Waals surface area contributed by atoms with Crippen LogP contribution in [0.4, 0.5) is 0 Å². The van der Waals surface area contributed by atoms with Gasteiger partial charge in [-0.25, -0.2) is 0 Å². The van der Waals surface area contributed by atoms with Crippen molar-refractivity contribution in [2.45, 2.75) is 39.2 Å². The van der Waals surface area contributed by atoms with Gasteiger partial charge in [-0.2, -0.15) is 0 Å². The predicted octanol–water partition coefficient (Wildman–Crippen LogP) is 2.04. The van der Waals surface area contributed by atoms with Crippen molar-refractivity contribution in [1.29, 1.82) is 0 Å². The topological polar surface area (TPSA) is 68.3 Å². The summed E-state index contributed by atoms with van der Waals surface area (Å²) in [7, 11) is 0. The third-order valence-electron chi connectivity index (χ3n) is 3.33. The summed E-state index contributed by atoms with van der Waals surface area (Å²) in [5.41, 5.74) is 6.69. The van der Waals surface area contributed by atoms with Gasteiger partial charge in [0.1, 0.15) is 5.76 Å². The lowest BCUT2D eigenvalue weighted by Crippen LogP contribution is -2.41. The van der Waals surface area contributed by atoms with E-state index in [1.807, 2.05) is 13.8 Å². The average molecular weight is 273 g/mol. The van der Waals surface area contributed by atoms with Gasteiger partial charge in [0.2, 0.25) is 0 Å². The minimum absolute atomic E-state index is 0. The van der Waals surface area contributed by atoms with Gasteiger partial charge in [-0.3, -0.25) is 4.79 Å². The van der Waals surface area contributed by atoms with E-state index < -0.39 is 0 Å². The Morgan fingerprint density at radius 3 is 2.72 bits per heavy atom. The van der Waals surface area contributed by atoms with E-state index in [1.165, 1.54) is 12.8 Å². The highest BCUT2D eigenvalue weighted by Gasteiger charge is 2.32. The van der Waals surface area contributed by atoms with E-state index >= 15 is 0 Å². The summed E-state index contributed by atoms with van der Waals surface area (Å²) >= 11 is 0. The standard InChI is InChI=1S/C13H20N2O2.ClH/c1-3-11-8(2)6-12(17-11)13(16)15-10(7-14)9-4-5-9;/h6,9-10H,3-5,7,14H2,1-2H3,(H,15,16);1H. The van der Waals surface area contributed by atoms with Gasteiger partial charge in [-0.15, -0.1) is 12.4 Å². The van der Waals surface area contributed by atoms with Crippen molar-refractivity contribution in [3.63, 3.8) is 0 Å². The van der Waals surface area contributed by atoms with E-state index in [0.717, 1.165) is 17.7 Å². The second kappa shape index (κ2) is 6.25. The lowest BCUT2D eigenvalue weighted by atomic mass is 10.2. The Hall–Kier alpha value is -1.00. The number of rotatable bonds is 5. The Bertz CT molecular complexity index is 413. The summed E-state index contributed by atoms with van der Waals surface area (Å²) in [5, 5.41) is 2.95. The van der Waals surface area contributed by atoms with Crippen LogP contribution in [0.5, 0.6) is 0 Å². The first-order valence-corrected chi connectivity index (χ1v) is 6.26. The third-order valence-corrected chi connectivity index (χ3v) is 3.33. The molecule has 1 heterocycles. The summed E-state index contributed by atoms with van der Waals surface area (Å²) in [4.78, 5) is 12.0. The zero-order valence-electron chi connectivity index (χ0n) is 10.9. The lowest BCUT2D eigenvalue weighted by Gasteiger charge is -2.14. The maximum atomic E-state index is 12.0. The molecular weight excluding hydrogens is 252 g/mol. The smallest absolute Gasteiger partial charge is 0.287 e. The fraction of sp³-hybridized carbons (Fsp3) is 0.615. The molecule has 3 N–H and O–H groups in total. The van der Waals surface area contributed by atoms with Gasteiger partial charge < -0.3 is 15.5 Å². The van der Waals surface area contributed by atoms with Crippen LogP contribution in [0.25, 0.3) is 0 Å². The predicted molar refractivity (Wildman–Crippen MR) is 73.1 cm³/mol. The van der Waals surface area contributed by atoms with Gasteiger partial charge in [-0.1, -0.05) is 6.92 Å². The van der Waals surface area contributed by atoms with Crippen molar-refractivity contribution in [2.75, 3.05) is 6.54 Å². The van der Waals surface area contributed by atoms with Crippen molar-refractivity contribution in [3.8, 4) is 0 Å². The molecule has 0 bridgehead atoms.